The standard InChI is InChI=1S/C12H17N3O5S/c1-8-3-4-9(7-10(8)11(16)17)15-12(18)13-5-6-14-21(2,19)20/h3-4,7,14H,5-6H2,1-2H3,(H,16,17)(H2,13,15,18). The van der Waals surface area contributed by atoms with Gasteiger partial charge in [0.2, 0.25) is 10.0 Å². The van der Waals surface area contributed by atoms with Gasteiger partial charge in [0.05, 0.1) is 11.8 Å². The molecule has 0 aliphatic rings. The van der Waals surface area contributed by atoms with Crippen LogP contribution >= 0.6 is 0 Å². The van der Waals surface area contributed by atoms with Crippen LogP contribution in [0.25, 0.3) is 0 Å². The van der Waals surface area contributed by atoms with E-state index < -0.39 is 22.0 Å². The highest BCUT2D eigenvalue weighted by molar-refractivity contribution is 7.88. The Morgan fingerprint density at radius 2 is 1.90 bits per heavy atom. The van der Waals surface area contributed by atoms with E-state index in [1.807, 2.05) is 0 Å². The number of carbonyl (C=O) groups excluding carboxylic acids is 1. The third-order valence-corrected chi connectivity index (χ3v) is 3.23. The van der Waals surface area contributed by atoms with Crippen molar-refractivity contribution in [2.45, 2.75) is 6.92 Å². The number of sulfonamides is 1. The van der Waals surface area contributed by atoms with Gasteiger partial charge >= 0.3 is 12.0 Å². The lowest BCUT2D eigenvalue weighted by molar-refractivity contribution is 0.0696. The van der Waals surface area contributed by atoms with Crippen molar-refractivity contribution < 1.29 is 23.1 Å². The fraction of sp³-hybridized carbons (Fsp3) is 0.333. The fourth-order valence-corrected chi connectivity index (χ4v) is 1.99. The van der Waals surface area contributed by atoms with Gasteiger partial charge in [-0.05, 0) is 24.6 Å². The molecule has 1 aromatic rings. The van der Waals surface area contributed by atoms with E-state index in [0.29, 0.717) is 11.3 Å². The third-order valence-electron chi connectivity index (χ3n) is 2.50. The SMILES string of the molecule is Cc1ccc(NC(=O)NCCNS(C)(=O)=O)cc1C(=O)O. The zero-order chi connectivity index (χ0) is 16.0. The van der Waals surface area contributed by atoms with Gasteiger partial charge in [0.15, 0.2) is 0 Å². The molecule has 0 fully saturated rings. The lowest BCUT2D eigenvalue weighted by Crippen LogP contribution is -2.36. The lowest BCUT2D eigenvalue weighted by Gasteiger charge is -2.09. The molecule has 0 aliphatic heterocycles. The molecule has 0 atom stereocenters. The van der Waals surface area contributed by atoms with Crippen molar-refractivity contribution in [1.29, 1.82) is 0 Å². The highest BCUT2D eigenvalue weighted by Gasteiger charge is 2.09. The van der Waals surface area contributed by atoms with Gasteiger partial charge in [0.25, 0.3) is 0 Å². The van der Waals surface area contributed by atoms with Crippen molar-refractivity contribution in [3.63, 3.8) is 0 Å². The van der Waals surface area contributed by atoms with Crippen LogP contribution in [-0.4, -0.2) is 44.9 Å². The maximum absolute atomic E-state index is 11.6. The number of carboxylic acids is 1. The van der Waals surface area contributed by atoms with Crippen molar-refractivity contribution in [1.82, 2.24) is 10.0 Å². The number of carboxylic acid groups (broad SMARTS) is 1. The number of hydrogen-bond donors (Lipinski definition) is 4. The Balaban J connectivity index is 2.52. The summed E-state index contributed by atoms with van der Waals surface area (Å²) >= 11 is 0. The monoisotopic (exact) mass is 315 g/mol. The number of nitrogens with one attached hydrogen (secondary N) is 3. The summed E-state index contributed by atoms with van der Waals surface area (Å²) in [4.78, 5) is 22.5. The molecule has 0 spiro atoms. The average molecular weight is 315 g/mol. The van der Waals surface area contributed by atoms with Crippen molar-refractivity contribution >= 4 is 27.7 Å². The minimum Gasteiger partial charge on any atom is -0.478 e. The highest BCUT2D eigenvalue weighted by Crippen LogP contribution is 2.15. The van der Waals surface area contributed by atoms with Crippen LogP contribution in [0, 0.1) is 6.92 Å². The van der Waals surface area contributed by atoms with Crippen LogP contribution < -0.4 is 15.4 Å². The zero-order valence-corrected chi connectivity index (χ0v) is 12.5. The normalized spacial score (nSPS) is 11.0. The number of aromatic carboxylic acids is 1. The van der Waals surface area contributed by atoms with Crippen LogP contribution in [0.2, 0.25) is 0 Å². The Morgan fingerprint density at radius 1 is 1.24 bits per heavy atom. The molecule has 0 heterocycles. The Labute approximate surface area is 122 Å². The van der Waals surface area contributed by atoms with Gasteiger partial charge in [0.1, 0.15) is 0 Å². The van der Waals surface area contributed by atoms with E-state index in [2.05, 4.69) is 15.4 Å². The van der Waals surface area contributed by atoms with E-state index in [1.54, 1.807) is 19.1 Å². The molecule has 0 radical (unpaired) electrons. The summed E-state index contributed by atoms with van der Waals surface area (Å²) in [5.41, 5.74) is 1.03. The summed E-state index contributed by atoms with van der Waals surface area (Å²) in [5, 5.41) is 13.9. The minimum absolute atomic E-state index is 0.0700. The summed E-state index contributed by atoms with van der Waals surface area (Å²) < 4.78 is 23.8. The molecule has 0 saturated heterocycles. The molecule has 2 amide bonds. The summed E-state index contributed by atoms with van der Waals surface area (Å²) in [5.74, 6) is -1.08. The molecule has 1 rings (SSSR count). The van der Waals surface area contributed by atoms with Crippen LogP contribution in [0.4, 0.5) is 10.5 Å². The molecule has 1 aromatic carbocycles. The van der Waals surface area contributed by atoms with Crippen molar-refractivity contribution in [3.05, 3.63) is 29.3 Å². The van der Waals surface area contributed by atoms with Gasteiger partial charge in [0, 0.05) is 18.8 Å². The predicted molar refractivity (Wildman–Crippen MR) is 78.0 cm³/mol. The molecule has 0 aromatic heterocycles. The van der Waals surface area contributed by atoms with E-state index in [9.17, 15) is 18.0 Å². The average Bonchev–Trinajstić information content (AvgIpc) is 2.35. The van der Waals surface area contributed by atoms with Gasteiger partial charge in [-0.25, -0.2) is 22.7 Å². The van der Waals surface area contributed by atoms with Crippen molar-refractivity contribution in [2.75, 3.05) is 24.7 Å². The highest BCUT2D eigenvalue weighted by atomic mass is 32.2. The number of benzene rings is 1. The maximum Gasteiger partial charge on any atom is 0.336 e. The molecule has 0 bridgehead atoms. The van der Waals surface area contributed by atoms with Gasteiger partial charge in [-0.2, -0.15) is 0 Å². The first-order valence-corrected chi connectivity index (χ1v) is 7.91. The Hall–Kier alpha value is -2.13. The number of hydrogen-bond acceptors (Lipinski definition) is 4. The largest absolute Gasteiger partial charge is 0.478 e. The second-order valence-corrected chi connectivity index (χ2v) is 6.22. The molecular formula is C12H17N3O5S. The minimum atomic E-state index is -3.29. The van der Waals surface area contributed by atoms with Crippen LogP contribution in [-0.2, 0) is 10.0 Å². The quantitative estimate of drug-likeness (QED) is 0.564. The van der Waals surface area contributed by atoms with Gasteiger partial charge in [-0.3, -0.25) is 0 Å². The predicted octanol–water partition coefficient (Wildman–Crippen LogP) is 0.364. The second-order valence-electron chi connectivity index (χ2n) is 4.38. The maximum atomic E-state index is 11.6. The van der Waals surface area contributed by atoms with E-state index in [0.717, 1.165) is 6.26 Å². The molecule has 0 aliphatic carbocycles. The summed E-state index contributed by atoms with van der Waals surface area (Å²) in [6.45, 7) is 1.83. The molecule has 21 heavy (non-hydrogen) atoms. The van der Waals surface area contributed by atoms with Gasteiger partial charge in [-0.15, -0.1) is 0 Å². The van der Waals surface area contributed by atoms with Crippen LogP contribution in [0.3, 0.4) is 0 Å². The molecular weight excluding hydrogens is 298 g/mol. The second kappa shape index (κ2) is 7.04. The number of rotatable bonds is 6. The van der Waals surface area contributed by atoms with Gasteiger partial charge < -0.3 is 15.7 Å². The van der Waals surface area contributed by atoms with E-state index in [-0.39, 0.29) is 18.7 Å². The molecule has 0 saturated carbocycles. The Morgan fingerprint density at radius 3 is 2.48 bits per heavy atom. The zero-order valence-electron chi connectivity index (χ0n) is 11.6. The van der Waals surface area contributed by atoms with E-state index >= 15 is 0 Å². The lowest BCUT2D eigenvalue weighted by atomic mass is 10.1. The number of urea groups is 1. The number of aryl methyl sites for hydroxylation is 1. The van der Waals surface area contributed by atoms with Crippen LogP contribution in [0.15, 0.2) is 18.2 Å². The molecule has 9 heteroatoms. The molecule has 116 valence electrons. The number of carbonyl (C=O) groups is 2. The summed E-state index contributed by atoms with van der Waals surface area (Å²) in [6.07, 6.45) is 1.02. The first kappa shape index (κ1) is 16.9. The smallest absolute Gasteiger partial charge is 0.336 e. The Kier molecular flexibility index (Phi) is 5.68. The van der Waals surface area contributed by atoms with Crippen molar-refractivity contribution in [3.8, 4) is 0 Å². The first-order valence-electron chi connectivity index (χ1n) is 6.02. The van der Waals surface area contributed by atoms with Crippen LogP contribution in [0.1, 0.15) is 15.9 Å². The summed E-state index contributed by atoms with van der Waals surface area (Å²) in [6, 6.07) is 3.97. The fourth-order valence-electron chi connectivity index (χ4n) is 1.52. The topological polar surface area (TPSA) is 125 Å². The number of amides is 2. The summed E-state index contributed by atoms with van der Waals surface area (Å²) in [7, 11) is -3.29. The first-order chi connectivity index (χ1) is 9.69. The Bertz CT molecular complexity index is 642. The molecule has 4 N–H and O–H groups in total. The third kappa shape index (κ3) is 6.23. The van der Waals surface area contributed by atoms with Crippen molar-refractivity contribution in [2.24, 2.45) is 0 Å². The van der Waals surface area contributed by atoms with E-state index in [4.69, 9.17) is 5.11 Å². The van der Waals surface area contributed by atoms with E-state index in [1.165, 1.54) is 6.07 Å². The van der Waals surface area contributed by atoms with Crippen LogP contribution in [0.5, 0.6) is 0 Å². The molecule has 0 unspecified atom stereocenters. The number of anilines is 1. The van der Waals surface area contributed by atoms with Gasteiger partial charge in [-0.1, -0.05) is 6.07 Å². The molecule has 8 nitrogen and oxygen atoms in total.